The summed E-state index contributed by atoms with van der Waals surface area (Å²) in [6, 6.07) is 11.5. The Morgan fingerprint density at radius 2 is 1.89 bits per heavy atom. The molecule has 1 N–H and O–H groups in total. The number of esters is 1. The molecule has 2 rings (SSSR count). The highest BCUT2D eigenvalue weighted by atomic mass is 16.6. The van der Waals surface area contributed by atoms with Gasteiger partial charge in [0.15, 0.2) is 5.69 Å². The van der Waals surface area contributed by atoms with E-state index in [2.05, 4.69) is 5.32 Å². The Hall–Kier alpha value is -3.27. The van der Waals surface area contributed by atoms with Crippen molar-refractivity contribution < 1.29 is 19.1 Å². The Labute approximate surface area is 158 Å². The molecule has 0 unspecified atom stereocenters. The molecule has 0 aliphatic rings. The average molecular weight is 369 g/mol. The predicted octanol–water partition coefficient (Wildman–Crippen LogP) is 3.93. The van der Waals surface area contributed by atoms with Crippen LogP contribution in [0, 0.1) is 11.3 Å². The second-order valence-corrected chi connectivity index (χ2v) is 6.84. The highest BCUT2D eigenvalue weighted by Crippen LogP contribution is 2.26. The number of amides is 1. The van der Waals surface area contributed by atoms with Gasteiger partial charge in [0.1, 0.15) is 11.7 Å². The molecule has 1 aromatic carbocycles. The first-order chi connectivity index (χ1) is 12.7. The fourth-order valence-corrected chi connectivity index (χ4v) is 2.50. The normalized spacial score (nSPS) is 10.8. The molecule has 0 fully saturated rings. The number of benzene rings is 1. The van der Waals surface area contributed by atoms with E-state index >= 15 is 0 Å². The van der Waals surface area contributed by atoms with Crippen molar-refractivity contribution in [2.75, 3.05) is 11.9 Å². The smallest absolute Gasteiger partial charge is 0.412 e. The first-order valence-corrected chi connectivity index (χ1v) is 8.59. The maximum absolute atomic E-state index is 12.5. The predicted molar refractivity (Wildman–Crippen MR) is 101 cm³/mol. The molecule has 0 bridgehead atoms. The van der Waals surface area contributed by atoms with Crippen LogP contribution in [0.1, 0.15) is 49.3 Å². The van der Waals surface area contributed by atoms with Crippen molar-refractivity contribution in [3.05, 3.63) is 53.3 Å². The Kier molecular flexibility index (Phi) is 6.24. The van der Waals surface area contributed by atoms with E-state index in [9.17, 15) is 14.9 Å². The average Bonchev–Trinajstić information content (AvgIpc) is 2.91. The summed E-state index contributed by atoms with van der Waals surface area (Å²) < 4.78 is 12.0. The van der Waals surface area contributed by atoms with Gasteiger partial charge in [-0.25, -0.2) is 9.59 Å². The van der Waals surface area contributed by atoms with Crippen molar-refractivity contribution in [3.8, 4) is 6.07 Å². The first kappa shape index (κ1) is 20.0. The Morgan fingerprint density at radius 1 is 1.22 bits per heavy atom. The summed E-state index contributed by atoms with van der Waals surface area (Å²) >= 11 is 0. The van der Waals surface area contributed by atoms with Crippen LogP contribution < -0.4 is 5.32 Å². The Bertz CT molecular complexity index is 858. The second-order valence-electron chi connectivity index (χ2n) is 6.84. The summed E-state index contributed by atoms with van der Waals surface area (Å²) in [6.45, 7) is 7.39. The minimum atomic E-state index is -0.748. The van der Waals surface area contributed by atoms with E-state index in [1.807, 2.05) is 36.4 Å². The van der Waals surface area contributed by atoms with Crippen molar-refractivity contribution in [2.24, 2.45) is 0 Å². The van der Waals surface area contributed by atoms with Crippen LogP contribution >= 0.6 is 0 Å². The molecule has 1 amide bonds. The number of nitrogens with zero attached hydrogens (tertiary/aromatic N) is 2. The zero-order chi connectivity index (χ0) is 20.0. The summed E-state index contributed by atoms with van der Waals surface area (Å²) in [5.74, 6) is -0.624. The molecule has 7 heteroatoms. The number of nitrogens with one attached hydrogen (secondary N) is 1. The van der Waals surface area contributed by atoms with Crippen molar-refractivity contribution in [3.63, 3.8) is 0 Å². The summed E-state index contributed by atoms with van der Waals surface area (Å²) in [5.41, 5.74) is 0.559. The van der Waals surface area contributed by atoms with Crippen LogP contribution in [-0.2, 0) is 16.0 Å². The molecule has 0 atom stereocenters. The van der Waals surface area contributed by atoms with E-state index < -0.39 is 17.7 Å². The number of carbonyl (C=O) groups is 2. The molecule has 0 spiro atoms. The number of ether oxygens (including phenoxy) is 2. The molecule has 0 saturated carbocycles. The Balaban J connectivity index is 2.45. The topological polar surface area (TPSA) is 93.3 Å². The number of rotatable bonds is 5. The fourth-order valence-electron chi connectivity index (χ4n) is 2.50. The van der Waals surface area contributed by atoms with Crippen LogP contribution in [0.4, 0.5) is 10.5 Å². The SMILES string of the molecule is CCOC(=O)c1c(NC(=O)OC(C)(C)C)c(C#N)cn1Cc1ccccc1. The van der Waals surface area contributed by atoms with Crippen LogP contribution in [0.25, 0.3) is 0 Å². The molecule has 7 nitrogen and oxygen atoms in total. The molecular weight excluding hydrogens is 346 g/mol. The van der Waals surface area contributed by atoms with E-state index in [0.29, 0.717) is 6.54 Å². The first-order valence-electron chi connectivity index (χ1n) is 8.59. The van der Waals surface area contributed by atoms with E-state index in [0.717, 1.165) is 5.56 Å². The Morgan fingerprint density at radius 3 is 2.44 bits per heavy atom. The van der Waals surface area contributed by atoms with Crippen LogP contribution in [0.3, 0.4) is 0 Å². The zero-order valence-electron chi connectivity index (χ0n) is 15.9. The second kappa shape index (κ2) is 8.41. The standard InChI is InChI=1S/C20H23N3O4/c1-5-26-18(24)17-16(22-19(25)27-20(2,3)4)15(11-21)13-23(17)12-14-9-7-6-8-10-14/h6-10,13H,5,12H2,1-4H3,(H,22,25). The van der Waals surface area contributed by atoms with Gasteiger partial charge in [0, 0.05) is 12.7 Å². The molecule has 142 valence electrons. The molecule has 2 aromatic rings. The highest BCUT2D eigenvalue weighted by Gasteiger charge is 2.26. The van der Waals surface area contributed by atoms with E-state index in [4.69, 9.17) is 9.47 Å². The molecule has 0 radical (unpaired) electrons. The van der Waals surface area contributed by atoms with Gasteiger partial charge in [-0.05, 0) is 33.3 Å². The van der Waals surface area contributed by atoms with Crippen LogP contribution in [0.2, 0.25) is 0 Å². The maximum Gasteiger partial charge on any atom is 0.412 e. The highest BCUT2D eigenvalue weighted by molar-refractivity contribution is 6.00. The van der Waals surface area contributed by atoms with Crippen molar-refractivity contribution in [1.29, 1.82) is 5.26 Å². The summed E-state index contributed by atoms with van der Waals surface area (Å²) in [4.78, 5) is 24.7. The van der Waals surface area contributed by atoms with E-state index in [1.54, 1.807) is 32.3 Å². The molecule has 27 heavy (non-hydrogen) atoms. The minimum absolute atomic E-state index is 0.0844. The molecule has 1 heterocycles. The van der Waals surface area contributed by atoms with Crippen LogP contribution in [-0.4, -0.2) is 28.8 Å². The van der Waals surface area contributed by atoms with Gasteiger partial charge in [-0.15, -0.1) is 0 Å². The lowest BCUT2D eigenvalue weighted by molar-refractivity contribution is 0.0515. The quantitative estimate of drug-likeness (QED) is 0.806. The molecule has 0 aliphatic carbocycles. The third-order valence-electron chi connectivity index (χ3n) is 3.49. The van der Waals surface area contributed by atoms with Gasteiger partial charge in [-0.3, -0.25) is 5.32 Å². The number of anilines is 1. The lowest BCUT2D eigenvalue weighted by Gasteiger charge is -2.20. The molecule has 0 aliphatic heterocycles. The van der Waals surface area contributed by atoms with Crippen LogP contribution in [0.5, 0.6) is 0 Å². The van der Waals surface area contributed by atoms with Crippen molar-refractivity contribution >= 4 is 17.7 Å². The summed E-state index contributed by atoms with van der Waals surface area (Å²) in [7, 11) is 0. The van der Waals surface area contributed by atoms with Crippen LogP contribution in [0.15, 0.2) is 36.5 Å². The number of hydrogen-bond donors (Lipinski definition) is 1. The van der Waals surface area contributed by atoms with E-state index in [-0.39, 0.29) is 23.6 Å². The largest absolute Gasteiger partial charge is 0.461 e. The minimum Gasteiger partial charge on any atom is -0.461 e. The van der Waals surface area contributed by atoms with Crippen molar-refractivity contribution in [2.45, 2.75) is 39.8 Å². The zero-order valence-corrected chi connectivity index (χ0v) is 15.9. The fraction of sp³-hybridized carbons (Fsp3) is 0.350. The van der Waals surface area contributed by atoms with Gasteiger partial charge in [-0.1, -0.05) is 30.3 Å². The molecule has 0 saturated heterocycles. The van der Waals surface area contributed by atoms with Gasteiger partial charge in [-0.2, -0.15) is 5.26 Å². The number of carbonyl (C=O) groups excluding carboxylic acids is 2. The maximum atomic E-state index is 12.5. The summed E-state index contributed by atoms with van der Waals surface area (Å²) in [5, 5.41) is 12.0. The van der Waals surface area contributed by atoms with Gasteiger partial charge >= 0.3 is 12.1 Å². The monoisotopic (exact) mass is 369 g/mol. The molecule has 1 aromatic heterocycles. The molecular formula is C20H23N3O4. The number of aromatic nitrogens is 1. The third-order valence-corrected chi connectivity index (χ3v) is 3.49. The number of nitriles is 1. The van der Waals surface area contributed by atoms with Gasteiger partial charge < -0.3 is 14.0 Å². The third kappa shape index (κ3) is 5.35. The lowest BCUT2D eigenvalue weighted by atomic mass is 10.2. The number of hydrogen-bond acceptors (Lipinski definition) is 5. The lowest BCUT2D eigenvalue weighted by Crippen LogP contribution is -2.28. The summed E-state index contributed by atoms with van der Waals surface area (Å²) in [6.07, 6.45) is 0.772. The van der Waals surface area contributed by atoms with Crippen molar-refractivity contribution in [1.82, 2.24) is 4.57 Å². The van der Waals surface area contributed by atoms with Gasteiger partial charge in [0.2, 0.25) is 0 Å². The van der Waals surface area contributed by atoms with E-state index in [1.165, 1.54) is 6.20 Å². The van der Waals surface area contributed by atoms with Gasteiger partial charge in [0.25, 0.3) is 0 Å². The van der Waals surface area contributed by atoms with Gasteiger partial charge in [0.05, 0.1) is 17.9 Å².